The van der Waals surface area contributed by atoms with E-state index in [2.05, 4.69) is 15.0 Å². The molecule has 0 aliphatic carbocycles. The normalized spacial score (nSPS) is 13.3. The number of carbonyl (C=O) groups excluding carboxylic acids is 2. The molecule has 4 N–H and O–H groups in total. The lowest BCUT2D eigenvalue weighted by Gasteiger charge is -2.16. The summed E-state index contributed by atoms with van der Waals surface area (Å²) in [7, 11) is -3.61. The molecule has 0 aliphatic heterocycles. The minimum Gasteiger partial charge on any atom is -0.464 e. The topological polar surface area (TPSA) is 154 Å². The number of sulfonamides is 1. The maximum absolute atomic E-state index is 12.5. The molecule has 0 fully saturated rings. The summed E-state index contributed by atoms with van der Waals surface area (Å²) < 4.78 is 37.5. The van der Waals surface area contributed by atoms with Crippen LogP contribution in [0.2, 0.25) is 0 Å². The first kappa shape index (κ1) is 26.5. The van der Waals surface area contributed by atoms with Crippen molar-refractivity contribution in [1.82, 2.24) is 15.0 Å². The first-order valence-electron chi connectivity index (χ1n) is 10.9. The number of carbonyl (C=O) groups is 2. The highest BCUT2D eigenvalue weighted by molar-refractivity contribution is 7.89. The number of hydrogen-bond acceptors (Lipinski definition) is 8. The maximum Gasteiger partial charge on any atom is 0.328 e. The van der Waals surface area contributed by atoms with Crippen LogP contribution in [0.15, 0.2) is 39.8 Å². The lowest BCUT2D eigenvalue weighted by atomic mass is 10.1. The SMILES string of the molecule is CCOC(=O)C(CCCCNS(=O)(=O)c1ccc(C)cc1)NC(=O)c1coc(C(N)CC)n1. The average Bonchev–Trinajstić information content (AvgIpc) is 3.28. The van der Waals surface area contributed by atoms with Gasteiger partial charge in [-0.05, 0) is 51.7 Å². The van der Waals surface area contributed by atoms with Crippen molar-refractivity contribution in [3.63, 3.8) is 0 Å². The largest absolute Gasteiger partial charge is 0.464 e. The number of unbranched alkanes of at least 4 members (excludes halogenated alkanes) is 1. The predicted octanol–water partition coefficient (Wildman–Crippen LogP) is 2.20. The molecule has 1 heterocycles. The van der Waals surface area contributed by atoms with Crippen LogP contribution in [-0.2, 0) is 19.6 Å². The number of rotatable bonds is 13. The Balaban J connectivity index is 1.89. The van der Waals surface area contributed by atoms with Gasteiger partial charge in [0.25, 0.3) is 5.91 Å². The Morgan fingerprint density at radius 1 is 1.18 bits per heavy atom. The lowest BCUT2D eigenvalue weighted by molar-refractivity contribution is -0.145. The number of nitrogens with two attached hydrogens (primary N) is 1. The van der Waals surface area contributed by atoms with E-state index in [0.717, 1.165) is 5.56 Å². The standard InChI is InChI=1S/C22H32N4O6S/c1-4-17(23)21-26-19(14-32-21)20(27)25-18(22(28)31-5-2)8-6-7-13-24-33(29,30)16-11-9-15(3)10-12-16/h9-12,14,17-18,24H,4-8,13,23H2,1-3H3,(H,25,27). The van der Waals surface area contributed by atoms with Crippen LogP contribution < -0.4 is 15.8 Å². The van der Waals surface area contributed by atoms with Crippen LogP contribution in [0.25, 0.3) is 0 Å². The molecule has 2 aromatic rings. The molecular weight excluding hydrogens is 448 g/mol. The van der Waals surface area contributed by atoms with Gasteiger partial charge in [-0.2, -0.15) is 0 Å². The maximum atomic E-state index is 12.5. The van der Waals surface area contributed by atoms with Gasteiger partial charge >= 0.3 is 5.97 Å². The van der Waals surface area contributed by atoms with Gasteiger partial charge in [0.05, 0.1) is 17.5 Å². The molecule has 0 saturated heterocycles. The number of aromatic nitrogens is 1. The number of oxazole rings is 1. The fourth-order valence-electron chi connectivity index (χ4n) is 2.94. The minimum absolute atomic E-state index is 0.0223. The fourth-order valence-corrected chi connectivity index (χ4v) is 4.02. The van der Waals surface area contributed by atoms with Crippen LogP contribution in [0.3, 0.4) is 0 Å². The number of benzene rings is 1. The van der Waals surface area contributed by atoms with Gasteiger partial charge in [-0.3, -0.25) is 4.79 Å². The van der Waals surface area contributed by atoms with Gasteiger partial charge in [-0.1, -0.05) is 24.6 Å². The molecule has 2 atom stereocenters. The molecule has 1 aromatic carbocycles. The third-order valence-corrected chi connectivity index (χ3v) is 6.41. The highest BCUT2D eigenvalue weighted by atomic mass is 32.2. The van der Waals surface area contributed by atoms with Crippen molar-refractivity contribution in [1.29, 1.82) is 0 Å². The molecule has 1 aromatic heterocycles. The van der Waals surface area contributed by atoms with Crippen molar-refractivity contribution in [2.45, 2.75) is 63.4 Å². The van der Waals surface area contributed by atoms with Crippen LogP contribution in [0, 0.1) is 6.92 Å². The molecular formula is C22H32N4O6S. The van der Waals surface area contributed by atoms with Crippen molar-refractivity contribution in [2.24, 2.45) is 5.73 Å². The van der Waals surface area contributed by atoms with E-state index in [1.54, 1.807) is 31.2 Å². The minimum atomic E-state index is -3.61. The quantitative estimate of drug-likeness (QED) is 0.291. The van der Waals surface area contributed by atoms with Crippen molar-refractivity contribution in [3.05, 3.63) is 47.7 Å². The Morgan fingerprint density at radius 2 is 1.88 bits per heavy atom. The Morgan fingerprint density at radius 3 is 2.52 bits per heavy atom. The molecule has 0 saturated carbocycles. The molecule has 1 amide bonds. The van der Waals surface area contributed by atoms with Gasteiger partial charge < -0.3 is 20.2 Å². The van der Waals surface area contributed by atoms with Gasteiger partial charge in [0.2, 0.25) is 15.9 Å². The molecule has 182 valence electrons. The zero-order chi connectivity index (χ0) is 24.4. The highest BCUT2D eigenvalue weighted by Crippen LogP contribution is 2.14. The highest BCUT2D eigenvalue weighted by Gasteiger charge is 2.24. The third kappa shape index (κ3) is 7.95. The van der Waals surface area contributed by atoms with Gasteiger partial charge in [0.1, 0.15) is 12.3 Å². The van der Waals surface area contributed by atoms with E-state index in [4.69, 9.17) is 14.9 Å². The zero-order valence-corrected chi connectivity index (χ0v) is 20.0. The van der Waals surface area contributed by atoms with Crippen molar-refractivity contribution < 1.29 is 27.2 Å². The Labute approximate surface area is 194 Å². The van der Waals surface area contributed by atoms with E-state index >= 15 is 0 Å². The average molecular weight is 481 g/mol. The molecule has 0 radical (unpaired) electrons. The van der Waals surface area contributed by atoms with Gasteiger partial charge in [0, 0.05) is 6.54 Å². The lowest BCUT2D eigenvalue weighted by Crippen LogP contribution is -2.42. The van der Waals surface area contributed by atoms with E-state index in [1.807, 2.05) is 13.8 Å². The zero-order valence-electron chi connectivity index (χ0n) is 19.2. The van der Waals surface area contributed by atoms with Gasteiger partial charge in [-0.25, -0.2) is 22.9 Å². The van der Waals surface area contributed by atoms with E-state index in [-0.39, 0.29) is 36.1 Å². The number of esters is 1. The van der Waals surface area contributed by atoms with E-state index < -0.39 is 34.0 Å². The third-order valence-electron chi connectivity index (χ3n) is 4.93. The van der Waals surface area contributed by atoms with Gasteiger partial charge in [0.15, 0.2) is 5.69 Å². The van der Waals surface area contributed by atoms with Crippen LogP contribution in [0.5, 0.6) is 0 Å². The van der Waals surface area contributed by atoms with Crippen molar-refractivity contribution in [2.75, 3.05) is 13.2 Å². The van der Waals surface area contributed by atoms with Crippen LogP contribution in [0.1, 0.15) is 67.5 Å². The number of hydrogen-bond donors (Lipinski definition) is 3. The predicted molar refractivity (Wildman–Crippen MR) is 122 cm³/mol. The summed E-state index contributed by atoms with van der Waals surface area (Å²) in [6.45, 7) is 5.78. The molecule has 33 heavy (non-hydrogen) atoms. The summed E-state index contributed by atoms with van der Waals surface area (Å²) in [6.07, 6.45) is 3.01. The second-order valence-electron chi connectivity index (χ2n) is 7.57. The van der Waals surface area contributed by atoms with Crippen molar-refractivity contribution in [3.8, 4) is 0 Å². The summed E-state index contributed by atoms with van der Waals surface area (Å²) in [4.78, 5) is 29.1. The van der Waals surface area contributed by atoms with Crippen LogP contribution in [-0.4, -0.2) is 44.5 Å². The first-order chi connectivity index (χ1) is 15.7. The summed E-state index contributed by atoms with van der Waals surface area (Å²) >= 11 is 0. The van der Waals surface area contributed by atoms with Crippen LogP contribution in [0.4, 0.5) is 0 Å². The molecule has 11 heteroatoms. The molecule has 2 unspecified atom stereocenters. The second-order valence-corrected chi connectivity index (χ2v) is 9.34. The summed E-state index contributed by atoms with van der Waals surface area (Å²) in [5.41, 5.74) is 6.85. The monoisotopic (exact) mass is 480 g/mol. The molecule has 0 spiro atoms. The fraction of sp³-hybridized carbons (Fsp3) is 0.500. The Kier molecular flexibility index (Phi) is 10.0. The van der Waals surface area contributed by atoms with Crippen LogP contribution >= 0.6 is 0 Å². The number of aryl methyl sites for hydroxylation is 1. The summed E-state index contributed by atoms with van der Waals surface area (Å²) in [5.74, 6) is -0.900. The van der Waals surface area contributed by atoms with E-state index in [1.165, 1.54) is 6.26 Å². The molecule has 0 aliphatic rings. The second kappa shape index (κ2) is 12.5. The Hall–Kier alpha value is -2.76. The van der Waals surface area contributed by atoms with E-state index in [9.17, 15) is 18.0 Å². The molecule has 0 bridgehead atoms. The Bertz CT molecular complexity index is 1020. The summed E-state index contributed by atoms with van der Waals surface area (Å²) in [5, 5.41) is 2.61. The number of ether oxygens (including phenoxy) is 1. The summed E-state index contributed by atoms with van der Waals surface area (Å²) in [6, 6.07) is 5.24. The first-order valence-corrected chi connectivity index (χ1v) is 12.4. The molecule has 10 nitrogen and oxygen atoms in total. The number of nitrogens with one attached hydrogen (secondary N) is 2. The van der Waals surface area contributed by atoms with Crippen molar-refractivity contribution >= 4 is 21.9 Å². The van der Waals surface area contributed by atoms with Gasteiger partial charge in [-0.15, -0.1) is 0 Å². The smallest absolute Gasteiger partial charge is 0.328 e. The number of nitrogens with zero attached hydrogens (tertiary/aromatic N) is 1. The van der Waals surface area contributed by atoms with E-state index in [0.29, 0.717) is 19.3 Å². The number of amides is 1. The molecule has 2 rings (SSSR count).